The number of piperidine rings is 1. The Balaban J connectivity index is 1.62. The molecule has 2 amide bonds. The number of rotatable bonds is 5. The number of hydrogen-bond donors (Lipinski definition) is 3. The van der Waals surface area contributed by atoms with E-state index in [0.717, 1.165) is 5.56 Å². The molecule has 1 aliphatic rings. The molecule has 1 saturated heterocycles. The lowest BCUT2D eigenvalue weighted by Crippen LogP contribution is -2.44. The monoisotopic (exact) mass is 353 g/mol. The zero-order valence-corrected chi connectivity index (χ0v) is 14.5. The molecule has 3 rings (SSSR count). The molecule has 136 valence electrons. The van der Waals surface area contributed by atoms with Gasteiger partial charge in [0.15, 0.2) is 0 Å². The first-order valence-electron chi connectivity index (χ1n) is 8.73. The standard InChI is InChI=1S/C20H23N3O3/c21-19(25)18(14-6-2-1-3-7-14)23-12-10-15(11-13-23)20(26)22-16-8-4-5-9-17(16)24/h1-9,15,18,24H,10-13H2,(H2,21,25)(H,22,26)/t18-/m1/s1. The fraction of sp³-hybridized carbons (Fsp3) is 0.300. The molecule has 6 nitrogen and oxygen atoms in total. The first-order chi connectivity index (χ1) is 12.6. The highest BCUT2D eigenvalue weighted by molar-refractivity contribution is 5.94. The van der Waals surface area contributed by atoms with Crippen molar-refractivity contribution in [2.45, 2.75) is 18.9 Å². The Morgan fingerprint density at radius 2 is 1.65 bits per heavy atom. The van der Waals surface area contributed by atoms with E-state index in [1.54, 1.807) is 18.2 Å². The lowest BCUT2D eigenvalue weighted by atomic mass is 9.93. The Labute approximate surface area is 152 Å². The van der Waals surface area contributed by atoms with Crippen LogP contribution in [0.2, 0.25) is 0 Å². The predicted molar refractivity (Wildman–Crippen MR) is 99.4 cm³/mol. The minimum atomic E-state index is -0.474. The summed E-state index contributed by atoms with van der Waals surface area (Å²) in [6, 6.07) is 15.7. The van der Waals surface area contributed by atoms with Crippen molar-refractivity contribution < 1.29 is 14.7 Å². The molecular formula is C20H23N3O3. The van der Waals surface area contributed by atoms with Gasteiger partial charge in [0.25, 0.3) is 0 Å². The molecule has 26 heavy (non-hydrogen) atoms. The van der Waals surface area contributed by atoms with E-state index in [4.69, 9.17) is 5.73 Å². The second-order valence-corrected chi connectivity index (χ2v) is 6.53. The van der Waals surface area contributed by atoms with Gasteiger partial charge in [0.2, 0.25) is 11.8 Å². The minimum absolute atomic E-state index is 0.0520. The maximum absolute atomic E-state index is 12.5. The topological polar surface area (TPSA) is 95.7 Å². The number of aromatic hydroxyl groups is 1. The van der Waals surface area contributed by atoms with Crippen LogP contribution in [0.15, 0.2) is 54.6 Å². The number of likely N-dealkylation sites (tertiary alicyclic amines) is 1. The molecule has 0 saturated carbocycles. The zero-order chi connectivity index (χ0) is 18.5. The van der Waals surface area contributed by atoms with Crippen molar-refractivity contribution in [2.24, 2.45) is 11.7 Å². The third-order valence-corrected chi connectivity index (χ3v) is 4.81. The molecule has 2 aromatic rings. The number of amides is 2. The van der Waals surface area contributed by atoms with Gasteiger partial charge in [-0.3, -0.25) is 14.5 Å². The normalized spacial score (nSPS) is 16.8. The Kier molecular flexibility index (Phi) is 5.53. The lowest BCUT2D eigenvalue weighted by Gasteiger charge is -2.35. The summed E-state index contributed by atoms with van der Waals surface area (Å²) in [6.07, 6.45) is 1.27. The Morgan fingerprint density at radius 3 is 2.27 bits per heavy atom. The van der Waals surface area contributed by atoms with Crippen molar-refractivity contribution >= 4 is 17.5 Å². The third-order valence-electron chi connectivity index (χ3n) is 4.81. The van der Waals surface area contributed by atoms with Crippen molar-refractivity contribution in [2.75, 3.05) is 18.4 Å². The highest BCUT2D eigenvalue weighted by Crippen LogP contribution is 2.28. The van der Waals surface area contributed by atoms with Gasteiger partial charge in [-0.05, 0) is 43.6 Å². The van der Waals surface area contributed by atoms with Gasteiger partial charge in [-0.25, -0.2) is 0 Å². The fourth-order valence-electron chi connectivity index (χ4n) is 3.42. The summed E-state index contributed by atoms with van der Waals surface area (Å²) in [5.41, 5.74) is 6.91. The van der Waals surface area contributed by atoms with E-state index in [1.165, 1.54) is 6.07 Å². The molecule has 0 aliphatic carbocycles. The number of nitrogens with two attached hydrogens (primary N) is 1. The second kappa shape index (κ2) is 8.01. The van der Waals surface area contributed by atoms with E-state index in [9.17, 15) is 14.7 Å². The van der Waals surface area contributed by atoms with E-state index in [2.05, 4.69) is 5.32 Å². The van der Waals surface area contributed by atoms with Crippen molar-refractivity contribution in [3.05, 3.63) is 60.2 Å². The van der Waals surface area contributed by atoms with Gasteiger partial charge in [0, 0.05) is 5.92 Å². The van der Waals surface area contributed by atoms with Crippen LogP contribution in [-0.4, -0.2) is 34.9 Å². The quantitative estimate of drug-likeness (QED) is 0.719. The average Bonchev–Trinajstić information content (AvgIpc) is 2.65. The first-order valence-corrected chi connectivity index (χ1v) is 8.73. The smallest absolute Gasteiger partial charge is 0.239 e. The third kappa shape index (κ3) is 4.03. The Morgan fingerprint density at radius 1 is 1.04 bits per heavy atom. The number of para-hydroxylation sites is 2. The number of carbonyl (C=O) groups excluding carboxylic acids is 2. The number of hydrogen-bond acceptors (Lipinski definition) is 4. The summed E-state index contributed by atoms with van der Waals surface area (Å²) in [7, 11) is 0. The molecule has 2 aromatic carbocycles. The first kappa shape index (κ1) is 17.9. The van der Waals surface area contributed by atoms with Crippen LogP contribution in [0.25, 0.3) is 0 Å². The van der Waals surface area contributed by atoms with Crippen LogP contribution in [0.5, 0.6) is 5.75 Å². The summed E-state index contributed by atoms with van der Waals surface area (Å²) in [5.74, 6) is -0.596. The molecule has 0 bridgehead atoms. The van der Waals surface area contributed by atoms with Gasteiger partial charge in [0.05, 0.1) is 5.69 Å². The van der Waals surface area contributed by atoms with Crippen LogP contribution in [-0.2, 0) is 9.59 Å². The van der Waals surface area contributed by atoms with Gasteiger partial charge in [-0.2, -0.15) is 0 Å². The number of nitrogens with one attached hydrogen (secondary N) is 1. The minimum Gasteiger partial charge on any atom is -0.506 e. The average molecular weight is 353 g/mol. The summed E-state index contributed by atoms with van der Waals surface area (Å²) in [5, 5.41) is 12.6. The van der Waals surface area contributed by atoms with E-state index in [-0.39, 0.29) is 23.5 Å². The van der Waals surface area contributed by atoms with E-state index in [1.807, 2.05) is 35.2 Å². The number of nitrogens with zero attached hydrogens (tertiary/aromatic N) is 1. The molecule has 0 aromatic heterocycles. The highest BCUT2D eigenvalue weighted by atomic mass is 16.3. The van der Waals surface area contributed by atoms with Crippen LogP contribution in [0.4, 0.5) is 5.69 Å². The Hall–Kier alpha value is -2.86. The molecule has 1 atom stereocenters. The van der Waals surface area contributed by atoms with Gasteiger partial charge in [-0.1, -0.05) is 42.5 Å². The lowest BCUT2D eigenvalue weighted by molar-refractivity contribution is -0.125. The van der Waals surface area contributed by atoms with Gasteiger partial charge in [-0.15, -0.1) is 0 Å². The van der Waals surface area contributed by atoms with Crippen molar-refractivity contribution in [3.8, 4) is 5.75 Å². The van der Waals surface area contributed by atoms with Crippen LogP contribution in [0.3, 0.4) is 0 Å². The van der Waals surface area contributed by atoms with E-state index in [0.29, 0.717) is 31.6 Å². The van der Waals surface area contributed by atoms with Gasteiger partial charge < -0.3 is 16.2 Å². The van der Waals surface area contributed by atoms with Crippen LogP contribution in [0, 0.1) is 5.92 Å². The molecule has 0 spiro atoms. The number of carbonyl (C=O) groups is 2. The summed E-state index contributed by atoms with van der Waals surface area (Å²) < 4.78 is 0. The van der Waals surface area contributed by atoms with E-state index < -0.39 is 6.04 Å². The second-order valence-electron chi connectivity index (χ2n) is 6.53. The number of phenols is 1. The van der Waals surface area contributed by atoms with Crippen molar-refractivity contribution in [3.63, 3.8) is 0 Å². The van der Waals surface area contributed by atoms with Crippen LogP contribution >= 0.6 is 0 Å². The summed E-state index contributed by atoms with van der Waals surface area (Å²) in [6.45, 7) is 1.22. The van der Waals surface area contributed by atoms with Gasteiger partial charge in [0.1, 0.15) is 11.8 Å². The maximum atomic E-state index is 12.5. The molecule has 0 radical (unpaired) electrons. The zero-order valence-electron chi connectivity index (χ0n) is 14.5. The molecule has 6 heteroatoms. The van der Waals surface area contributed by atoms with Crippen LogP contribution < -0.4 is 11.1 Å². The molecule has 1 fully saturated rings. The molecular weight excluding hydrogens is 330 g/mol. The van der Waals surface area contributed by atoms with Crippen molar-refractivity contribution in [1.82, 2.24) is 4.90 Å². The molecule has 1 heterocycles. The van der Waals surface area contributed by atoms with Gasteiger partial charge >= 0.3 is 0 Å². The number of primary amides is 1. The van der Waals surface area contributed by atoms with Crippen molar-refractivity contribution in [1.29, 1.82) is 0 Å². The number of benzene rings is 2. The maximum Gasteiger partial charge on any atom is 0.239 e. The van der Waals surface area contributed by atoms with E-state index >= 15 is 0 Å². The fourth-order valence-corrected chi connectivity index (χ4v) is 3.42. The molecule has 4 N–H and O–H groups in total. The largest absolute Gasteiger partial charge is 0.506 e. The SMILES string of the molecule is NC(=O)[C@@H](c1ccccc1)N1CCC(C(=O)Nc2ccccc2O)CC1. The van der Waals surface area contributed by atoms with Crippen LogP contribution in [0.1, 0.15) is 24.4 Å². The molecule has 1 aliphatic heterocycles. The predicted octanol–water partition coefficient (Wildman–Crippen LogP) is 2.27. The number of anilines is 1. The summed E-state index contributed by atoms with van der Waals surface area (Å²) in [4.78, 5) is 26.5. The molecule has 0 unspecified atom stereocenters. The highest BCUT2D eigenvalue weighted by Gasteiger charge is 2.32. The Bertz CT molecular complexity index is 771. The number of phenolic OH excluding ortho intramolecular Hbond substituents is 1. The summed E-state index contributed by atoms with van der Waals surface area (Å²) >= 11 is 0.